The highest BCUT2D eigenvalue weighted by molar-refractivity contribution is 9.10. The Balaban J connectivity index is 2.17. The summed E-state index contributed by atoms with van der Waals surface area (Å²) in [6.07, 6.45) is 1.33. The summed E-state index contributed by atoms with van der Waals surface area (Å²) in [5.41, 5.74) is 2.13. The number of benzene rings is 1. The van der Waals surface area contributed by atoms with Gasteiger partial charge in [-0.25, -0.2) is 0 Å². The predicted octanol–water partition coefficient (Wildman–Crippen LogP) is 4.51. The van der Waals surface area contributed by atoms with Crippen molar-refractivity contribution in [3.05, 3.63) is 50.1 Å². The molecule has 0 aliphatic carbocycles. The van der Waals surface area contributed by atoms with Gasteiger partial charge in [-0.05, 0) is 57.1 Å². The van der Waals surface area contributed by atoms with Gasteiger partial charge in [-0.1, -0.05) is 13.0 Å². The maximum atomic E-state index is 12.3. The minimum absolute atomic E-state index is 0.184. The van der Waals surface area contributed by atoms with Crippen molar-refractivity contribution >= 4 is 33.0 Å². The minimum Gasteiger partial charge on any atom is -0.496 e. The number of carbonyl (C=O) groups excluding carboxylic acids is 1. The summed E-state index contributed by atoms with van der Waals surface area (Å²) in [7, 11) is 1.63. The summed E-state index contributed by atoms with van der Waals surface area (Å²) < 4.78 is 6.06. The van der Waals surface area contributed by atoms with Crippen molar-refractivity contribution in [1.29, 1.82) is 0 Å². The summed E-state index contributed by atoms with van der Waals surface area (Å²) in [6, 6.07) is 7.78. The smallest absolute Gasteiger partial charge is 0.177 e. The van der Waals surface area contributed by atoms with E-state index in [2.05, 4.69) is 22.9 Å². The molecule has 0 amide bonds. The van der Waals surface area contributed by atoms with Gasteiger partial charge >= 0.3 is 0 Å². The van der Waals surface area contributed by atoms with Crippen LogP contribution >= 0.6 is 27.3 Å². The largest absolute Gasteiger partial charge is 0.496 e. The molecule has 0 aliphatic heterocycles. The van der Waals surface area contributed by atoms with E-state index in [1.54, 1.807) is 7.11 Å². The van der Waals surface area contributed by atoms with Crippen molar-refractivity contribution in [2.75, 3.05) is 7.11 Å². The van der Waals surface area contributed by atoms with Gasteiger partial charge in [0.1, 0.15) is 5.75 Å². The van der Waals surface area contributed by atoms with Gasteiger partial charge in [-0.3, -0.25) is 4.79 Å². The van der Waals surface area contributed by atoms with Crippen LogP contribution in [-0.2, 0) is 12.8 Å². The molecule has 0 saturated heterocycles. The molecule has 0 fully saturated rings. The molecule has 0 radical (unpaired) electrons. The number of methoxy groups -OCH3 is 1. The van der Waals surface area contributed by atoms with Crippen molar-refractivity contribution < 1.29 is 9.53 Å². The molecular weight excluding hydrogens is 324 g/mol. The number of carbonyl (C=O) groups is 1. The van der Waals surface area contributed by atoms with Gasteiger partial charge in [0.25, 0.3) is 0 Å². The maximum absolute atomic E-state index is 12.3. The summed E-state index contributed by atoms with van der Waals surface area (Å²) in [6.45, 7) is 2.07. The van der Waals surface area contributed by atoms with Gasteiger partial charge < -0.3 is 4.74 Å². The molecule has 2 nitrogen and oxygen atoms in total. The van der Waals surface area contributed by atoms with E-state index in [-0.39, 0.29) is 5.78 Å². The summed E-state index contributed by atoms with van der Waals surface area (Å²) >= 11 is 4.97. The van der Waals surface area contributed by atoms with Gasteiger partial charge in [0.2, 0.25) is 0 Å². The van der Waals surface area contributed by atoms with E-state index in [1.807, 2.05) is 29.6 Å². The predicted molar refractivity (Wildman–Crippen MR) is 82.4 cm³/mol. The standard InChI is InChI=1S/C15H15BrO2S/c1-3-11-6-7-19-15(11)13(17)9-10-4-5-14(18-2)12(16)8-10/h4-8H,3,9H2,1-2H3. The third-order valence-electron chi connectivity index (χ3n) is 2.96. The molecule has 1 heterocycles. The Morgan fingerprint density at radius 1 is 1.37 bits per heavy atom. The maximum Gasteiger partial charge on any atom is 0.177 e. The second-order valence-corrected chi connectivity index (χ2v) is 5.97. The Bertz CT molecular complexity index is 590. The van der Waals surface area contributed by atoms with Crippen molar-refractivity contribution in [3.8, 4) is 5.75 Å². The SMILES string of the molecule is CCc1ccsc1C(=O)Cc1ccc(OC)c(Br)c1. The van der Waals surface area contributed by atoms with E-state index >= 15 is 0 Å². The van der Waals surface area contributed by atoms with E-state index in [9.17, 15) is 4.79 Å². The first kappa shape index (κ1) is 14.3. The number of thiophene rings is 1. The highest BCUT2D eigenvalue weighted by Gasteiger charge is 2.13. The quantitative estimate of drug-likeness (QED) is 0.750. The van der Waals surface area contributed by atoms with Crippen molar-refractivity contribution in [2.24, 2.45) is 0 Å². The molecule has 2 aromatic rings. The van der Waals surface area contributed by atoms with Crippen LogP contribution in [0.2, 0.25) is 0 Å². The summed E-state index contributed by atoms with van der Waals surface area (Å²) in [4.78, 5) is 13.2. The Morgan fingerprint density at radius 3 is 2.79 bits per heavy atom. The van der Waals surface area contributed by atoms with Gasteiger partial charge in [0.05, 0.1) is 16.5 Å². The lowest BCUT2D eigenvalue weighted by atomic mass is 10.1. The number of rotatable bonds is 5. The van der Waals surface area contributed by atoms with Gasteiger partial charge in [0.15, 0.2) is 5.78 Å². The summed E-state index contributed by atoms with van der Waals surface area (Å²) in [5.74, 6) is 0.963. The Kier molecular flexibility index (Phi) is 4.77. The van der Waals surface area contributed by atoms with Crippen molar-refractivity contribution in [1.82, 2.24) is 0 Å². The number of aryl methyl sites for hydroxylation is 1. The normalized spacial score (nSPS) is 10.5. The second-order valence-electron chi connectivity index (χ2n) is 4.20. The Hall–Kier alpha value is -1.13. The number of hydrogen-bond acceptors (Lipinski definition) is 3. The lowest BCUT2D eigenvalue weighted by molar-refractivity contribution is 0.0996. The van der Waals surface area contributed by atoms with Crippen LogP contribution in [-0.4, -0.2) is 12.9 Å². The zero-order chi connectivity index (χ0) is 13.8. The van der Waals surface area contributed by atoms with E-state index in [1.165, 1.54) is 11.3 Å². The monoisotopic (exact) mass is 338 g/mol. The van der Waals surface area contributed by atoms with Crippen LogP contribution in [0.25, 0.3) is 0 Å². The van der Waals surface area contributed by atoms with Crippen molar-refractivity contribution in [3.63, 3.8) is 0 Å². The molecule has 2 rings (SSSR count). The molecule has 0 spiro atoms. The third kappa shape index (κ3) is 3.25. The molecule has 4 heteroatoms. The fourth-order valence-electron chi connectivity index (χ4n) is 1.94. The highest BCUT2D eigenvalue weighted by atomic mass is 79.9. The first-order valence-electron chi connectivity index (χ1n) is 6.07. The molecular formula is C15H15BrO2S. The Morgan fingerprint density at radius 2 is 2.16 bits per heavy atom. The molecule has 1 aromatic heterocycles. The molecule has 0 atom stereocenters. The van der Waals surface area contributed by atoms with Gasteiger partial charge in [0, 0.05) is 6.42 Å². The third-order valence-corrected chi connectivity index (χ3v) is 4.58. The van der Waals surface area contributed by atoms with Crippen LogP contribution in [0.3, 0.4) is 0 Å². The fourth-order valence-corrected chi connectivity index (χ4v) is 3.47. The minimum atomic E-state index is 0.184. The molecule has 0 saturated carbocycles. The van der Waals surface area contributed by atoms with Crippen LogP contribution in [0, 0.1) is 0 Å². The fraction of sp³-hybridized carbons (Fsp3) is 0.267. The van der Waals surface area contributed by atoms with E-state index in [0.29, 0.717) is 6.42 Å². The van der Waals surface area contributed by atoms with Crippen LogP contribution < -0.4 is 4.74 Å². The average Bonchev–Trinajstić information content (AvgIpc) is 2.87. The number of hydrogen-bond donors (Lipinski definition) is 0. The lowest BCUT2D eigenvalue weighted by Gasteiger charge is -2.06. The van der Waals surface area contributed by atoms with Crippen LogP contribution in [0.1, 0.15) is 27.7 Å². The first-order chi connectivity index (χ1) is 9.15. The molecule has 19 heavy (non-hydrogen) atoms. The zero-order valence-corrected chi connectivity index (χ0v) is 13.3. The number of ether oxygens (including phenoxy) is 1. The van der Waals surface area contributed by atoms with Crippen molar-refractivity contribution in [2.45, 2.75) is 19.8 Å². The first-order valence-corrected chi connectivity index (χ1v) is 7.75. The van der Waals surface area contributed by atoms with E-state index < -0.39 is 0 Å². The average molecular weight is 339 g/mol. The number of halogens is 1. The number of ketones is 1. The van der Waals surface area contributed by atoms with Crippen LogP contribution in [0.4, 0.5) is 0 Å². The molecule has 1 aromatic carbocycles. The molecule has 0 bridgehead atoms. The number of Topliss-reactive ketones (excluding diaryl/α,β-unsaturated/α-hetero) is 1. The lowest BCUT2D eigenvalue weighted by Crippen LogP contribution is -2.04. The van der Waals surface area contributed by atoms with Gasteiger partial charge in [-0.2, -0.15) is 0 Å². The summed E-state index contributed by atoms with van der Waals surface area (Å²) in [5, 5.41) is 1.98. The topological polar surface area (TPSA) is 26.3 Å². The van der Waals surface area contributed by atoms with E-state index in [4.69, 9.17) is 4.74 Å². The molecule has 0 N–H and O–H groups in total. The molecule has 0 unspecified atom stereocenters. The second kappa shape index (κ2) is 6.35. The molecule has 100 valence electrons. The van der Waals surface area contributed by atoms with Crippen LogP contribution in [0.15, 0.2) is 34.1 Å². The highest BCUT2D eigenvalue weighted by Crippen LogP contribution is 2.27. The molecule has 0 aliphatic rings. The van der Waals surface area contributed by atoms with Gasteiger partial charge in [-0.15, -0.1) is 11.3 Å². The van der Waals surface area contributed by atoms with Crippen LogP contribution in [0.5, 0.6) is 5.75 Å². The Labute approximate surface area is 125 Å². The van der Waals surface area contributed by atoms with E-state index in [0.717, 1.165) is 32.6 Å². The zero-order valence-electron chi connectivity index (χ0n) is 10.9.